The summed E-state index contributed by atoms with van der Waals surface area (Å²) in [6.45, 7) is -0.0625. The Morgan fingerprint density at radius 3 is 2.86 bits per heavy atom. The maximum atomic E-state index is 11.3. The molecule has 0 aliphatic carbocycles. The Morgan fingerprint density at radius 1 is 1.33 bits per heavy atom. The van der Waals surface area contributed by atoms with Gasteiger partial charge in [-0.25, -0.2) is 4.79 Å². The molecule has 0 saturated carbocycles. The van der Waals surface area contributed by atoms with E-state index in [-0.39, 0.29) is 6.61 Å². The number of ether oxygens (including phenoxy) is 1. The van der Waals surface area contributed by atoms with Crippen LogP contribution in [0.15, 0.2) is 40.8 Å². The van der Waals surface area contributed by atoms with E-state index in [1.54, 1.807) is 30.3 Å². The largest absolute Gasteiger partial charge is 0.457 e. The number of esters is 1. The van der Waals surface area contributed by atoms with E-state index in [0.29, 0.717) is 21.6 Å². The van der Waals surface area contributed by atoms with Gasteiger partial charge in [-0.1, -0.05) is 29.1 Å². The van der Waals surface area contributed by atoms with Gasteiger partial charge in [0.15, 0.2) is 6.61 Å². The van der Waals surface area contributed by atoms with E-state index < -0.39 is 5.97 Å². The molecule has 0 spiro atoms. The second-order valence-electron chi connectivity index (χ2n) is 3.97. The van der Waals surface area contributed by atoms with E-state index in [0.717, 1.165) is 5.56 Å². The van der Waals surface area contributed by atoms with Crippen molar-refractivity contribution in [1.29, 1.82) is 0 Å². The highest BCUT2D eigenvalue weighted by atomic mass is 35.5. The van der Waals surface area contributed by atoms with Crippen molar-refractivity contribution in [3.63, 3.8) is 0 Å². The molecule has 0 N–H and O–H groups in total. The predicted octanol–water partition coefficient (Wildman–Crippen LogP) is 4.44. The first kappa shape index (κ1) is 15.2. The first-order chi connectivity index (χ1) is 10.1. The van der Waals surface area contributed by atoms with Crippen LogP contribution < -0.4 is 0 Å². The summed E-state index contributed by atoms with van der Waals surface area (Å²) in [4.78, 5) is 11.3. The molecule has 0 radical (unpaired) electrons. The Bertz CT molecular complexity index is 723. The van der Waals surface area contributed by atoms with Gasteiger partial charge in [0.2, 0.25) is 0 Å². The van der Waals surface area contributed by atoms with Gasteiger partial charge in [-0.05, 0) is 36.4 Å². The van der Waals surface area contributed by atoms with E-state index in [2.05, 4.69) is 5.92 Å². The van der Waals surface area contributed by atoms with Gasteiger partial charge in [0.05, 0.1) is 5.02 Å². The van der Waals surface area contributed by atoms with E-state index in [1.807, 2.05) is 0 Å². The van der Waals surface area contributed by atoms with Crippen LogP contribution in [-0.4, -0.2) is 12.6 Å². The molecule has 0 saturated heterocycles. The molecule has 0 atom stereocenters. The average Bonchev–Trinajstić information content (AvgIpc) is 2.91. The molecule has 0 bridgehead atoms. The first-order valence-corrected chi connectivity index (χ1v) is 6.69. The lowest BCUT2D eigenvalue weighted by Gasteiger charge is -2.00. The second kappa shape index (κ2) is 7.03. The minimum Gasteiger partial charge on any atom is -0.457 e. The summed E-state index contributed by atoms with van der Waals surface area (Å²) in [7, 11) is 0. The molecule has 1 aromatic carbocycles. The number of terminal acetylenes is 1. The van der Waals surface area contributed by atoms with Crippen molar-refractivity contribution >= 4 is 35.2 Å². The fourth-order valence-electron chi connectivity index (χ4n) is 1.59. The van der Waals surface area contributed by atoms with Crippen molar-refractivity contribution in [3.8, 4) is 23.7 Å². The zero-order valence-corrected chi connectivity index (χ0v) is 12.3. The molecule has 21 heavy (non-hydrogen) atoms. The van der Waals surface area contributed by atoms with Gasteiger partial charge < -0.3 is 9.15 Å². The molecular weight excluding hydrogens is 311 g/mol. The number of hydrogen-bond donors (Lipinski definition) is 0. The molecule has 0 fully saturated rings. The highest BCUT2D eigenvalue weighted by Gasteiger charge is 2.08. The standard InChI is InChI=1S/C16H10Cl2O3/c1-2-9-20-16(19)8-5-12-4-7-15(21-12)13-6-3-11(17)10-14(13)18/h1,3-8,10H,9H2/b8-5+. The first-order valence-electron chi connectivity index (χ1n) is 5.93. The highest BCUT2D eigenvalue weighted by Crippen LogP contribution is 2.31. The SMILES string of the molecule is C#CCOC(=O)/C=C/c1ccc(-c2ccc(Cl)cc2Cl)o1. The van der Waals surface area contributed by atoms with Gasteiger partial charge in [-0.15, -0.1) is 6.42 Å². The van der Waals surface area contributed by atoms with Crippen LogP contribution in [0.4, 0.5) is 0 Å². The molecule has 0 aliphatic rings. The van der Waals surface area contributed by atoms with Crippen LogP contribution in [0.1, 0.15) is 5.76 Å². The van der Waals surface area contributed by atoms with E-state index in [1.165, 1.54) is 12.2 Å². The van der Waals surface area contributed by atoms with Crippen LogP contribution in [0, 0.1) is 12.3 Å². The molecular formula is C16H10Cl2O3. The van der Waals surface area contributed by atoms with Crippen molar-refractivity contribution in [3.05, 3.63) is 52.2 Å². The lowest BCUT2D eigenvalue weighted by molar-refractivity contribution is -0.136. The third-order valence-electron chi connectivity index (χ3n) is 2.50. The maximum absolute atomic E-state index is 11.3. The lowest BCUT2D eigenvalue weighted by atomic mass is 10.2. The van der Waals surface area contributed by atoms with Crippen LogP contribution in [0.2, 0.25) is 10.0 Å². The zero-order valence-electron chi connectivity index (χ0n) is 10.8. The number of carbonyl (C=O) groups excluding carboxylic acids is 1. The van der Waals surface area contributed by atoms with Crippen LogP contribution in [0.5, 0.6) is 0 Å². The molecule has 106 valence electrons. The smallest absolute Gasteiger partial charge is 0.331 e. The summed E-state index contributed by atoms with van der Waals surface area (Å²) in [5, 5.41) is 1.03. The topological polar surface area (TPSA) is 39.4 Å². The lowest BCUT2D eigenvalue weighted by Crippen LogP contribution is -1.99. The Kier molecular flexibility index (Phi) is 5.10. The predicted molar refractivity (Wildman–Crippen MR) is 83.0 cm³/mol. The molecule has 2 aromatic rings. The molecule has 1 heterocycles. The molecule has 0 aliphatic heterocycles. The molecule has 1 aromatic heterocycles. The Balaban J connectivity index is 2.13. The molecule has 3 nitrogen and oxygen atoms in total. The fraction of sp³-hybridized carbons (Fsp3) is 0.0625. The van der Waals surface area contributed by atoms with E-state index in [9.17, 15) is 4.79 Å². The van der Waals surface area contributed by atoms with Gasteiger partial charge in [0.25, 0.3) is 0 Å². The van der Waals surface area contributed by atoms with Crippen molar-refractivity contribution in [1.82, 2.24) is 0 Å². The second-order valence-corrected chi connectivity index (χ2v) is 4.81. The average molecular weight is 321 g/mol. The summed E-state index contributed by atoms with van der Waals surface area (Å²) >= 11 is 11.9. The molecule has 0 amide bonds. The number of rotatable bonds is 4. The number of benzene rings is 1. The number of hydrogen-bond acceptors (Lipinski definition) is 3. The monoisotopic (exact) mass is 320 g/mol. The third-order valence-corrected chi connectivity index (χ3v) is 3.05. The number of furan rings is 1. The summed E-state index contributed by atoms with van der Waals surface area (Å²) in [6.07, 6.45) is 7.72. The Labute approximate surface area is 132 Å². The van der Waals surface area contributed by atoms with Gasteiger partial charge in [-0.2, -0.15) is 0 Å². The summed E-state index contributed by atoms with van der Waals surface area (Å²) in [5.74, 6) is 2.75. The van der Waals surface area contributed by atoms with Gasteiger partial charge in [0, 0.05) is 16.7 Å². The molecule has 0 unspecified atom stereocenters. The van der Waals surface area contributed by atoms with Crippen LogP contribution in [0.25, 0.3) is 17.4 Å². The number of carbonyl (C=O) groups is 1. The third kappa shape index (κ3) is 4.16. The van der Waals surface area contributed by atoms with Crippen LogP contribution in [0.3, 0.4) is 0 Å². The fourth-order valence-corrected chi connectivity index (χ4v) is 2.09. The van der Waals surface area contributed by atoms with Crippen molar-refractivity contribution in [2.24, 2.45) is 0 Å². The normalized spacial score (nSPS) is 10.5. The molecule has 2 rings (SSSR count). The van der Waals surface area contributed by atoms with Gasteiger partial charge >= 0.3 is 5.97 Å². The summed E-state index contributed by atoms with van der Waals surface area (Å²) in [6, 6.07) is 8.58. The van der Waals surface area contributed by atoms with Crippen molar-refractivity contribution < 1.29 is 13.9 Å². The highest BCUT2D eigenvalue weighted by molar-refractivity contribution is 6.36. The van der Waals surface area contributed by atoms with Crippen molar-refractivity contribution in [2.75, 3.05) is 6.61 Å². The van der Waals surface area contributed by atoms with Gasteiger partial charge in [0.1, 0.15) is 11.5 Å². The zero-order chi connectivity index (χ0) is 15.2. The van der Waals surface area contributed by atoms with E-state index >= 15 is 0 Å². The van der Waals surface area contributed by atoms with Crippen LogP contribution in [-0.2, 0) is 9.53 Å². The summed E-state index contributed by atoms with van der Waals surface area (Å²) in [5.41, 5.74) is 0.718. The minimum atomic E-state index is -0.532. The minimum absolute atomic E-state index is 0.0625. The van der Waals surface area contributed by atoms with Gasteiger partial charge in [-0.3, -0.25) is 0 Å². The van der Waals surface area contributed by atoms with Crippen molar-refractivity contribution in [2.45, 2.75) is 0 Å². The van der Waals surface area contributed by atoms with E-state index in [4.69, 9.17) is 38.8 Å². The quantitative estimate of drug-likeness (QED) is 0.475. The molecule has 5 heteroatoms. The maximum Gasteiger partial charge on any atom is 0.331 e. The summed E-state index contributed by atoms with van der Waals surface area (Å²) < 4.78 is 10.3. The number of halogens is 2. The Morgan fingerprint density at radius 2 is 2.14 bits per heavy atom. The Hall–Kier alpha value is -2.15. The van der Waals surface area contributed by atoms with Crippen LogP contribution >= 0.6 is 23.2 Å².